The van der Waals surface area contributed by atoms with Gasteiger partial charge in [0.15, 0.2) is 9.84 Å². The van der Waals surface area contributed by atoms with Gasteiger partial charge in [0.05, 0.1) is 16.2 Å². The number of benzene rings is 1. The van der Waals surface area contributed by atoms with E-state index < -0.39 is 15.8 Å². The first-order chi connectivity index (χ1) is 9.29. The molecule has 0 fully saturated rings. The number of rotatable bonds is 7. The van der Waals surface area contributed by atoms with Gasteiger partial charge in [0.1, 0.15) is 0 Å². The lowest BCUT2D eigenvalue weighted by atomic mass is 10.1. The van der Waals surface area contributed by atoms with Crippen molar-refractivity contribution in [1.29, 1.82) is 0 Å². The average Bonchev–Trinajstić information content (AvgIpc) is 2.37. The molecular weight excluding hydrogens is 364 g/mol. The van der Waals surface area contributed by atoms with Gasteiger partial charge in [-0.3, -0.25) is 0 Å². The molecule has 0 saturated carbocycles. The number of thioether (sulfide) groups is 1. The third kappa shape index (κ3) is 4.49. The van der Waals surface area contributed by atoms with E-state index in [1.807, 2.05) is 6.92 Å². The van der Waals surface area contributed by atoms with Crippen LogP contribution in [0.15, 0.2) is 21.5 Å². The first-order valence-corrected chi connectivity index (χ1v) is 9.73. The van der Waals surface area contributed by atoms with Gasteiger partial charge in [-0.2, -0.15) is 11.8 Å². The molecule has 0 aliphatic rings. The van der Waals surface area contributed by atoms with Crippen molar-refractivity contribution in [3.05, 3.63) is 27.7 Å². The summed E-state index contributed by atoms with van der Waals surface area (Å²) >= 11 is 4.91. The highest BCUT2D eigenvalue weighted by atomic mass is 79.9. The molecule has 1 aromatic rings. The van der Waals surface area contributed by atoms with Gasteiger partial charge in [-0.1, -0.05) is 22.9 Å². The molecule has 1 rings (SSSR count). The third-order valence-corrected chi connectivity index (χ3v) is 6.51. The van der Waals surface area contributed by atoms with Crippen LogP contribution in [-0.4, -0.2) is 36.8 Å². The van der Waals surface area contributed by atoms with Gasteiger partial charge in [-0.15, -0.1) is 0 Å². The molecular formula is C13H17BrO4S2. The minimum absolute atomic E-state index is 0.0241. The molecule has 112 valence electrons. The second kappa shape index (κ2) is 7.47. The Kier molecular flexibility index (Phi) is 6.54. The SMILES string of the molecule is CCSCCCS(=O)(=O)c1cc(C(=O)O)cc(Br)c1C. The predicted molar refractivity (Wildman–Crippen MR) is 85.5 cm³/mol. The van der Waals surface area contributed by atoms with Crippen molar-refractivity contribution in [2.45, 2.75) is 25.2 Å². The van der Waals surface area contributed by atoms with Crippen LogP contribution < -0.4 is 0 Å². The van der Waals surface area contributed by atoms with E-state index in [0.29, 0.717) is 16.5 Å². The molecule has 0 bridgehead atoms. The van der Waals surface area contributed by atoms with Gasteiger partial charge in [-0.25, -0.2) is 13.2 Å². The van der Waals surface area contributed by atoms with Gasteiger partial charge in [0.2, 0.25) is 0 Å². The number of carbonyl (C=O) groups is 1. The quantitative estimate of drug-likeness (QED) is 0.734. The zero-order valence-electron chi connectivity index (χ0n) is 11.3. The van der Waals surface area contributed by atoms with Crippen molar-refractivity contribution in [3.8, 4) is 0 Å². The molecule has 0 aliphatic heterocycles. The summed E-state index contributed by atoms with van der Waals surface area (Å²) in [5.41, 5.74) is 0.530. The van der Waals surface area contributed by atoms with Gasteiger partial charge >= 0.3 is 5.97 Å². The first-order valence-electron chi connectivity index (χ1n) is 6.13. The second-order valence-electron chi connectivity index (χ2n) is 4.26. The summed E-state index contributed by atoms with van der Waals surface area (Å²) in [7, 11) is -3.46. The molecule has 0 saturated heterocycles. The standard InChI is InChI=1S/C13H17BrO4S2/c1-3-19-5-4-6-20(17,18)12-8-10(13(15)16)7-11(14)9(12)2/h7-8H,3-6H2,1-2H3,(H,15,16). The van der Waals surface area contributed by atoms with E-state index >= 15 is 0 Å². The molecule has 0 atom stereocenters. The Morgan fingerprint density at radius 2 is 2.05 bits per heavy atom. The highest BCUT2D eigenvalue weighted by molar-refractivity contribution is 9.10. The van der Waals surface area contributed by atoms with Crippen molar-refractivity contribution in [2.24, 2.45) is 0 Å². The molecule has 1 aromatic carbocycles. The maximum Gasteiger partial charge on any atom is 0.335 e. The second-order valence-corrected chi connectivity index (χ2v) is 8.58. The van der Waals surface area contributed by atoms with Crippen molar-refractivity contribution in [3.63, 3.8) is 0 Å². The Labute approximate surface area is 132 Å². The van der Waals surface area contributed by atoms with E-state index in [4.69, 9.17) is 5.11 Å². The molecule has 7 heteroatoms. The van der Waals surface area contributed by atoms with Crippen molar-refractivity contribution < 1.29 is 18.3 Å². The van der Waals surface area contributed by atoms with E-state index in [1.165, 1.54) is 12.1 Å². The Bertz CT molecular complexity index is 597. The van der Waals surface area contributed by atoms with Crippen LogP contribution >= 0.6 is 27.7 Å². The largest absolute Gasteiger partial charge is 0.478 e. The molecule has 0 amide bonds. The topological polar surface area (TPSA) is 71.4 Å². The summed E-state index contributed by atoms with van der Waals surface area (Å²) in [6.45, 7) is 3.69. The molecule has 0 radical (unpaired) electrons. The van der Waals surface area contributed by atoms with Crippen LogP contribution in [0.1, 0.15) is 29.3 Å². The lowest BCUT2D eigenvalue weighted by Crippen LogP contribution is -2.11. The van der Waals surface area contributed by atoms with Crippen LogP contribution in [-0.2, 0) is 9.84 Å². The number of hydrogen-bond acceptors (Lipinski definition) is 4. The number of halogens is 1. The zero-order chi connectivity index (χ0) is 15.3. The van der Waals surface area contributed by atoms with E-state index in [1.54, 1.807) is 18.7 Å². The molecule has 0 spiro atoms. The number of hydrogen-bond donors (Lipinski definition) is 1. The molecule has 1 N–H and O–H groups in total. The Hall–Kier alpha value is -0.530. The van der Waals surface area contributed by atoms with Crippen LogP contribution in [0.25, 0.3) is 0 Å². The van der Waals surface area contributed by atoms with Crippen LogP contribution in [0.3, 0.4) is 0 Å². The van der Waals surface area contributed by atoms with Gasteiger partial charge < -0.3 is 5.11 Å². The molecule has 4 nitrogen and oxygen atoms in total. The molecule has 0 aromatic heterocycles. The number of sulfone groups is 1. The zero-order valence-corrected chi connectivity index (χ0v) is 14.6. The normalized spacial score (nSPS) is 11.6. The summed E-state index contributed by atoms with van der Waals surface area (Å²) in [6.07, 6.45) is 0.565. The summed E-state index contributed by atoms with van der Waals surface area (Å²) in [5.74, 6) is 0.646. The van der Waals surface area contributed by atoms with Crippen molar-refractivity contribution in [2.75, 3.05) is 17.3 Å². The summed E-state index contributed by atoms with van der Waals surface area (Å²) in [4.78, 5) is 11.1. The lowest BCUT2D eigenvalue weighted by molar-refractivity contribution is 0.0696. The Morgan fingerprint density at radius 1 is 1.40 bits per heavy atom. The number of carboxylic acid groups (broad SMARTS) is 1. The van der Waals surface area contributed by atoms with Crippen molar-refractivity contribution in [1.82, 2.24) is 0 Å². The predicted octanol–water partition coefficient (Wildman–Crippen LogP) is 3.37. The first kappa shape index (κ1) is 17.5. The molecule has 20 heavy (non-hydrogen) atoms. The lowest BCUT2D eigenvalue weighted by Gasteiger charge is -2.10. The van der Waals surface area contributed by atoms with Crippen LogP contribution in [0.4, 0.5) is 0 Å². The summed E-state index contributed by atoms with van der Waals surface area (Å²) in [5, 5.41) is 9.02. The fourth-order valence-electron chi connectivity index (χ4n) is 1.71. The summed E-state index contributed by atoms with van der Waals surface area (Å²) in [6, 6.07) is 2.66. The maximum absolute atomic E-state index is 12.3. The fraction of sp³-hybridized carbons (Fsp3) is 0.462. The van der Waals surface area contributed by atoms with Gasteiger partial charge in [0, 0.05) is 4.47 Å². The van der Waals surface area contributed by atoms with Crippen LogP contribution in [0.5, 0.6) is 0 Å². The highest BCUT2D eigenvalue weighted by Crippen LogP contribution is 2.27. The van der Waals surface area contributed by atoms with Gasteiger partial charge in [0.25, 0.3) is 0 Å². The average molecular weight is 381 g/mol. The number of aromatic carboxylic acids is 1. The monoisotopic (exact) mass is 380 g/mol. The summed E-state index contributed by atoms with van der Waals surface area (Å²) < 4.78 is 25.1. The van der Waals surface area contributed by atoms with Crippen LogP contribution in [0, 0.1) is 6.92 Å². The maximum atomic E-state index is 12.3. The minimum Gasteiger partial charge on any atom is -0.478 e. The molecule has 0 aliphatic carbocycles. The Morgan fingerprint density at radius 3 is 2.60 bits per heavy atom. The van der Waals surface area contributed by atoms with E-state index in [0.717, 1.165) is 11.5 Å². The van der Waals surface area contributed by atoms with Gasteiger partial charge in [-0.05, 0) is 42.5 Å². The Balaban J connectivity index is 3.07. The fourth-order valence-corrected chi connectivity index (χ4v) is 4.74. The van der Waals surface area contributed by atoms with E-state index in [-0.39, 0.29) is 16.2 Å². The smallest absolute Gasteiger partial charge is 0.335 e. The van der Waals surface area contributed by atoms with Crippen molar-refractivity contribution >= 4 is 43.5 Å². The minimum atomic E-state index is -3.46. The highest BCUT2D eigenvalue weighted by Gasteiger charge is 2.20. The number of carboxylic acids is 1. The van der Waals surface area contributed by atoms with Crippen LogP contribution in [0.2, 0.25) is 0 Å². The van der Waals surface area contributed by atoms with E-state index in [2.05, 4.69) is 15.9 Å². The molecule has 0 heterocycles. The van der Waals surface area contributed by atoms with E-state index in [9.17, 15) is 13.2 Å². The third-order valence-electron chi connectivity index (χ3n) is 2.78. The molecule has 0 unspecified atom stereocenters.